The molecule has 2 saturated heterocycles. The van der Waals surface area contributed by atoms with Gasteiger partial charge in [0.15, 0.2) is 0 Å². The van der Waals surface area contributed by atoms with Crippen molar-refractivity contribution in [2.45, 2.75) is 44.4 Å². The molecule has 2 fully saturated rings. The first kappa shape index (κ1) is 18.4. The smallest absolute Gasteiger partial charge is 0.410 e. The predicted molar refractivity (Wildman–Crippen MR) is 109 cm³/mol. The van der Waals surface area contributed by atoms with Crippen molar-refractivity contribution in [2.75, 3.05) is 26.7 Å². The number of nitrogens with zero attached hydrogens (tertiary/aromatic N) is 3. The molecule has 29 heavy (non-hydrogen) atoms. The molecule has 1 amide bonds. The van der Waals surface area contributed by atoms with Crippen LogP contribution in [0.3, 0.4) is 0 Å². The number of benzene rings is 1. The van der Waals surface area contributed by atoms with Crippen LogP contribution in [0.5, 0.6) is 5.75 Å². The molecular weight excluding hydrogens is 366 g/mol. The van der Waals surface area contributed by atoms with E-state index >= 15 is 0 Å². The van der Waals surface area contributed by atoms with E-state index in [1.165, 1.54) is 23.1 Å². The molecule has 6 nitrogen and oxygen atoms in total. The van der Waals surface area contributed by atoms with Crippen LogP contribution >= 0.6 is 0 Å². The van der Waals surface area contributed by atoms with E-state index in [0.29, 0.717) is 6.54 Å². The van der Waals surface area contributed by atoms with E-state index in [0.717, 1.165) is 50.3 Å². The molecule has 1 aromatic carbocycles. The normalized spacial score (nSPS) is 23.2. The van der Waals surface area contributed by atoms with E-state index in [2.05, 4.69) is 22.0 Å². The van der Waals surface area contributed by atoms with E-state index in [-0.39, 0.29) is 18.2 Å². The molecule has 3 heterocycles. The van der Waals surface area contributed by atoms with Crippen molar-refractivity contribution in [3.8, 4) is 5.75 Å². The van der Waals surface area contributed by atoms with Gasteiger partial charge in [-0.1, -0.05) is 12.1 Å². The zero-order chi connectivity index (χ0) is 19.8. The summed E-state index contributed by atoms with van der Waals surface area (Å²) in [7, 11) is 1.75. The van der Waals surface area contributed by atoms with Crippen LogP contribution in [-0.4, -0.2) is 59.8 Å². The Bertz CT molecular complexity index is 902. The highest BCUT2D eigenvalue weighted by Crippen LogP contribution is 2.33. The molecule has 0 radical (unpaired) electrons. The summed E-state index contributed by atoms with van der Waals surface area (Å²) in [6.07, 6.45) is 5.85. The average molecular weight is 393 g/mol. The van der Waals surface area contributed by atoms with Gasteiger partial charge in [0.2, 0.25) is 0 Å². The molecule has 0 unspecified atom stereocenters. The number of carbonyl (C=O) groups excluding carboxylic acids is 1. The molecule has 0 N–H and O–H groups in total. The summed E-state index contributed by atoms with van der Waals surface area (Å²) in [6.45, 7) is 3.08. The van der Waals surface area contributed by atoms with E-state index in [4.69, 9.17) is 9.47 Å². The number of aromatic nitrogens is 1. The standard InChI is InChI=1S/C23H27N3O3/c1-28-21-12-17-6-4-5-16(17)11-18(21)13-25-14-20-22(15-25)29-23(27)26(20)10-8-19-7-2-3-9-24-19/h2-3,7,9,11-12,20,22H,4-6,8,10,13-15H2,1H3/t20-,22+/m0/s1. The molecular formula is C23H27N3O3. The Balaban J connectivity index is 1.26. The van der Waals surface area contributed by atoms with Crippen molar-refractivity contribution in [2.24, 2.45) is 0 Å². The van der Waals surface area contributed by atoms with Crippen LogP contribution in [0.1, 0.15) is 28.8 Å². The lowest BCUT2D eigenvalue weighted by atomic mass is 10.0. The number of methoxy groups -OCH3 is 1. The van der Waals surface area contributed by atoms with Crippen molar-refractivity contribution in [1.29, 1.82) is 0 Å². The monoisotopic (exact) mass is 393 g/mol. The van der Waals surface area contributed by atoms with Crippen LogP contribution in [0.15, 0.2) is 36.5 Å². The van der Waals surface area contributed by atoms with Gasteiger partial charge in [0, 0.05) is 50.1 Å². The van der Waals surface area contributed by atoms with Gasteiger partial charge in [-0.25, -0.2) is 4.79 Å². The Morgan fingerprint density at radius 3 is 2.86 bits per heavy atom. The maximum atomic E-state index is 12.3. The Kier molecular flexibility index (Phi) is 4.87. The number of fused-ring (bicyclic) bond motifs is 2. The van der Waals surface area contributed by atoms with Gasteiger partial charge in [-0.2, -0.15) is 0 Å². The van der Waals surface area contributed by atoms with Gasteiger partial charge >= 0.3 is 6.09 Å². The van der Waals surface area contributed by atoms with Gasteiger partial charge in [-0.05, 0) is 48.6 Å². The third-order valence-corrected chi connectivity index (χ3v) is 6.42. The Labute approximate surface area is 171 Å². The maximum Gasteiger partial charge on any atom is 0.410 e. The lowest BCUT2D eigenvalue weighted by Crippen LogP contribution is -2.39. The van der Waals surface area contributed by atoms with Crippen molar-refractivity contribution in [3.05, 3.63) is 58.9 Å². The number of carbonyl (C=O) groups is 1. The summed E-state index contributed by atoms with van der Waals surface area (Å²) >= 11 is 0. The maximum absolute atomic E-state index is 12.3. The first-order valence-corrected chi connectivity index (χ1v) is 10.5. The highest BCUT2D eigenvalue weighted by molar-refractivity contribution is 5.71. The molecule has 3 aliphatic rings. The Morgan fingerprint density at radius 1 is 1.21 bits per heavy atom. The van der Waals surface area contributed by atoms with Gasteiger partial charge in [-0.3, -0.25) is 14.8 Å². The van der Waals surface area contributed by atoms with Gasteiger partial charge in [0.25, 0.3) is 0 Å². The molecule has 2 aliphatic heterocycles. The average Bonchev–Trinajstić information content (AvgIpc) is 3.41. The topological polar surface area (TPSA) is 54.9 Å². The van der Waals surface area contributed by atoms with Crippen molar-refractivity contribution in [3.63, 3.8) is 0 Å². The van der Waals surface area contributed by atoms with E-state index in [9.17, 15) is 4.79 Å². The minimum atomic E-state index is -0.189. The highest BCUT2D eigenvalue weighted by atomic mass is 16.6. The summed E-state index contributed by atoms with van der Waals surface area (Å²) in [5.41, 5.74) is 5.13. The van der Waals surface area contributed by atoms with E-state index in [1.807, 2.05) is 23.1 Å². The highest BCUT2D eigenvalue weighted by Gasteiger charge is 2.47. The molecule has 0 spiro atoms. The van der Waals surface area contributed by atoms with Gasteiger partial charge in [-0.15, -0.1) is 0 Å². The van der Waals surface area contributed by atoms with Crippen LogP contribution in [0.25, 0.3) is 0 Å². The number of hydrogen-bond acceptors (Lipinski definition) is 5. The van der Waals surface area contributed by atoms with Crippen molar-refractivity contribution >= 4 is 6.09 Å². The number of hydrogen-bond donors (Lipinski definition) is 0. The first-order chi connectivity index (χ1) is 14.2. The fraction of sp³-hybridized carbons (Fsp3) is 0.478. The zero-order valence-electron chi connectivity index (χ0n) is 16.8. The minimum Gasteiger partial charge on any atom is -0.496 e. The van der Waals surface area contributed by atoms with Crippen LogP contribution < -0.4 is 4.74 Å². The summed E-state index contributed by atoms with van der Waals surface area (Å²) in [6, 6.07) is 10.5. The van der Waals surface area contributed by atoms with Crippen LogP contribution in [0, 0.1) is 0 Å². The lowest BCUT2D eigenvalue weighted by molar-refractivity contribution is 0.120. The van der Waals surface area contributed by atoms with Gasteiger partial charge in [0.05, 0.1) is 13.2 Å². The Hall–Kier alpha value is -2.60. The summed E-state index contributed by atoms with van der Waals surface area (Å²) in [5.74, 6) is 0.978. The molecule has 6 heteroatoms. The van der Waals surface area contributed by atoms with Crippen molar-refractivity contribution in [1.82, 2.24) is 14.8 Å². The third-order valence-electron chi connectivity index (χ3n) is 6.42. The molecule has 152 valence electrons. The molecule has 5 rings (SSSR count). The third kappa shape index (κ3) is 3.57. The van der Waals surface area contributed by atoms with E-state index < -0.39 is 0 Å². The molecule has 1 aliphatic carbocycles. The zero-order valence-corrected chi connectivity index (χ0v) is 16.8. The largest absolute Gasteiger partial charge is 0.496 e. The predicted octanol–water partition coefficient (Wildman–Crippen LogP) is 2.83. The second kappa shape index (κ2) is 7.67. The SMILES string of the molecule is COc1cc2c(cc1CN1C[C@H]3OC(=O)N(CCc4ccccn4)[C@H]3C1)CCC2. The summed E-state index contributed by atoms with van der Waals surface area (Å²) in [5, 5.41) is 0. The molecule has 2 atom stereocenters. The summed E-state index contributed by atoms with van der Waals surface area (Å²) in [4.78, 5) is 21.0. The first-order valence-electron chi connectivity index (χ1n) is 10.5. The Morgan fingerprint density at radius 2 is 2.07 bits per heavy atom. The molecule has 0 bridgehead atoms. The number of rotatable bonds is 6. The fourth-order valence-electron chi connectivity index (χ4n) is 4.95. The van der Waals surface area contributed by atoms with Crippen LogP contribution in [0.2, 0.25) is 0 Å². The van der Waals surface area contributed by atoms with E-state index in [1.54, 1.807) is 13.3 Å². The fourth-order valence-corrected chi connectivity index (χ4v) is 4.95. The van der Waals surface area contributed by atoms with Crippen LogP contribution in [-0.2, 0) is 30.5 Å². The quantitative estimate of drug-likeness (QED) is 0.755. The van der Waals surface area contributed by atoms with Gasteiger partial charge in [0.1, 0.15) is 11.9 Å². The number of pyridine rings is 1. The van der Waals surface area contributed by atoms with Crippen LogP contribution in [0.4, 0.5) is 4.79 Å². The second-order valence-electron chi connectivity index (χ2n) is 8.23. The molecule has 1 aromatic heterocycles. The second-order valence-corrected chi connectivity index (χ2v) is 8.23. The summed E-state index contributed by atoms with van der Waals surface area (Å²) < 4.78 is 11.3. The number of amides is 1. The number of likely N-dealkylation sites (tertiary alicyclic amines) is 1. The number of ether oxygens (including phenoxy) is 2. The lowest BCUT2D eigenvalue weighted by Gasteiger charge is -2.23. The van der Waals surface area contributed by atoms with Crippen molar-refractivity contribution < 1.29 is 14.3 Å². The molecule has 2 aromatic rings. The van der Waals surface area contributed by atoms with Gasteiger partial charge < -0.3 is 9.47 Å². The minimum absolute atomic E-state index is 0.0494. The number of aryl methyl sites for hydroxylation is 2. The molecule has 0 saturated carbocycles.